The Bertz CT molecular complexity index is 1160. The standard InChI is InChI=1S/C21H27F2N7OS/c1-14-8-15(28-32(31)6-2-3-7-32)12-29(11-14)20-9-17(25-13-26-20)18-10-24-19-5-4-16(21(22)23)27-30(18)19/h4-5,9-10,13-15,21,32H,2-3,6-8,11-12H2,1H3,(H,28,31). The van der Waals surface area contributed by atoms with E-state index in [0.29, 0.717) is 29.5 Å². The Labute approximate surface area is 186 Å². The van der Waals surface area contributed by atoms with E-state index in [1.807, 2.05) is 6.07 Å². The molecule has 2 fully saturated rings. The molecule has 2 aliphatic heterocycles. The number of nitrogens with one attached hydrogen (secondary N) is 1. The van der Waals surface area contributed by atoms with Crippen molar-refractivity contribution in [2.75, 3.05) is 29.5 Å². The monoisotopic (exact) mass is 463 g/mol. The predicted molar refractivity (Wildman–Crippen MR) is 120 cm³/mol. The average Bonchev–Trinajstić information content (AvgIpc) is 3.39. The summed E-state index contributed by atoms with van der Waals surface area (Å²) in [5.74, 6) is 2.74. The lowest BCUT2D eigenvalue weighted by Gasteiger charge is -2.39. The first-order valence-corrected chi connectivity index (χ1v) is 13.0. The topological polar surface area (TPSA) is 88.3 Å². The van der Waals surface area contributed by atoms with Gasteiger partial charge in [0.05, 0.1) is 11.9 Å². The molecule has 0 saturated carbocycles. The summed E-state index contributed by atoms with van der Waals surface area (Å²) >= 11 is 0. The summed E-state index contributed by atoms with van der Waals surface area (Å²) in [6.07, 6.45) is 3.44. The number of piperidine rings is 1. The summed E-state index contributed by atoms with van der Waals surface area (Å²) in [5, 5.41) is 4.03. The maximum absolute atomic E-state index is 13.1. The van der Waals surface area contributed by atoms with Crippen molar-refractivity contribution in [3.8, 4) is 11.4 Å². The van der Waals surface area contributed by atoms with E-state index in [0.717, 1.165) is 43.1 Å². The highest BCUT2D eigenvalue weighted by molar-refractivity contribution is 8.01. The molecular formula is C21H27F2N7OS. The zero-order valence-electron chi connectivity index (χ0n) is 17.9. The molecule has 0 aliphatic carbocycles. The van der Waals surface area contributed by atoms with Gasteiger partial charge in [-0.25, -0.2) is 28.2 Å². The third kappa shape index (κ3) is 4.23. The highest BCUT2D eigenvalue weighted by Crippen LogP contribution is 2.27. The Morgan fingerprint density at radius 2 is 1.97 bits per heavy atom. The van der Waals surface area contributed by atoms with Crippen LogP contribution in [0.2, 0.25) is 0 Å². The van der Waals surface area contributed by atoms with Gasteiger partial charge in [-0.2, -0.15) is 5.10 Å². The Kier molecular flexibility index (Phi) is 5.62. The minimum atomic E-state index is -2.66. The number of hydrogen-bond donors (Lipinski definition) is 2. The Morgan fingerprint density at radius 1 is 1.16 bits per heavy atom. The number of hydrogen-bond acceptors (Lipinski definition) is 6. The van der Waals surface area contributed by atoms with Crippen molar-refractivity contribution in [3.05, 3.63) is 36.4 Å². The number of nitrogens with zero attached hydrogens (tertiary/aromatic N) is 6. The van der Waals surface area contributed by atoms with E-state index in [9.17, 15) is 13.0 Å². The van der Waals surface area contributed by atoms with Gasteiger partial charge in [-0.05, 0) is 37.3 Å². The third-order valence-electron chi connectivity index (χ3n) is 6.21. The van der Waals surface area contributed by atoms with Crippen molar-refractivity contribution in [1.82, 2.24) is 29.3 Å². The summed E-state index contributed by atoms with van der Waals surface area (Å²) in [5.41, 5.74) is 1.25. The Hall–Kier alpha value is -2.53. The van der Waals surface area contributed by atoms with Gasteiger partial charge in [0.1, 0.15) is 23.5 Å². The molecule has 0 bridgehead atoms. The lowest BCUT2D eigenvalue weighted by Crippen LogP contribution is -2.52. The van der Waals surface area contributed by atoms with E-state index in [2.05, 4.69) is 36.6 Å². The number of thiol groups is 1. The molecule has 5 rings (SSSR count). The highest BCUT2D eigenvalue weighted by Gasteiger charge is 2.30. The normalized spacial score (nSPS) is 24.3. The summed E-state index contributed by atoms with van der Waals surface area (Å²) < 4.78 is 44.2. The second-order valence-electron chi connectivity index (χ2n) is 8.85. The van der Waals surface area contributed by atoms with Crippen molar-refractivity contribution in [1.29, 1.82) is 0 Å². The predicted octanol–water partition coefficient (Wildman–Crippen LogP) is 2.65. The van der Waals surface area contributed by atoms with Gasteiger partial charge >= 0.3 is 0 Å². The van der Waals surface area contributed by atoms with Crippen LogP contribution in [0.15, 0.2) is 30.7 Å². The molecule has 8 nitrogen and oxygen atoms in total. The van der Waals surface area contributed by atoms with Crippen molar-refractivity contribution in [2.24, 2.45) is 5.92 Å². The van der Waals surface area contributed by atoms with Crippen molar-refractivity contribution >= 4 is 21.6 Å². The fourth-order valence-corrected chi connectivity index (χ4v) is 7.58. The van der Waals surface area contributed by atoms with Crippen LogP contribution < -0.4 is 9.62 Å². The highest BCUT2D eigenvalue weighted by atomic mass is 32.3. The SMILES string of the molecule is CC1CC(N[SH]2(=O)CCCC2)CN(c2cc(-c3cnc4ccc(C(F)F)nn34)ncn2)C1. The van der Waals surface area contributed by atoms with Gasteiger partial charge in [0.15, 0.2) is 5.65 Å². The molecule has 2 unspecified atom stereocenters. The Balaban J connectivity index is 1.42. The molecule has 0 radical (unpaired) electrons. The summed E-state index contributed by atoms with van der Waals surface area (Å²) in [6, 6.07) is 4.79. The molecule has 11 heteroatoms. The van der Waals surface area contributed by atoms with E-state index in [-0.39, 0.29) is 11.7 Å². The number of anilines is 1. The van der Waals surface area contributed by atoms with Gasteiger partial charge < -0.3 is 4.90 Å². The number of aromatic nitrogens is 5. The number of alkyl halides is 2. The molecule has 2 atom stereocenters. The summed E-state index contributed by atoms with van der Waals surface area (Å²) in [4.78, 5) is 15.3. The van der Waals surface area contributed by atoms with E-state index < -0.39 is 16.5 Å². The van der Waals surface area contributed by atoms with E-state index in [4.69, 9.17) is 0 Å². The second-order valence-corrected chi connectivity index (χ2v) is 11.8. The fraction of sp³-hybridized carbons (Fsp3) is 0.524. The fourth-order valence-electron chi connectivity index (χ4n) is 4.78. The molecule has 1 N–H and O–H groups in total. The van der Waals surface area contributed by atoms with E-state index in [1.54, 1.807) is 6.20 Å². The van der Waals surface area contributed by atoms with E-state index in [1.165, 1.54) is 23.0 Å². The molecular weight excluding hydrogens is 436 g/mol. The van der Waals surface area contributed by atoms with Gasteiger partial charge in [0.2, 0.25) is 0 Å². The van der Waals surface area contributed by atoms with Crippen LogP contribution in [0.3, 0.4) is 0 Å². The zero-order chi connectivity index (χ0) is 22.3. The van der Waals surface area contributed by atoms with Gasteiger partial charge in [-0.3, -0.25) is 8.93 Å². The number of rotatable bonds is 5. The first kappa shape index (κ1) is 21.3. The molecule has 0 amide bonds. The minimum absolute atomic E-state index is 0.146. The first-order valence-electron chi connectivity index (χ1n) is 11.0. The lowest BCUT2D eigenvalue weighted by molar-refractivity contribution is 0.144. The van der Waals surface area contributed by atoms with E-state index >= 15 is 0 Å². The first-order chi connectivity index (χ1) is 15.4. The molecule has 172 valence electrons. The number of halogens is 2. The van der Waals surface area contributed by atoms with Gasteiger partial charge in [0.25, 0.3) is 6.43 Å². The van der Waals surface area contributed by atoms with Crippen LogP contribution in [-0.4, -0.2) is 59.4 Å². The molecule has 0 spiro atoms. The van der Waals surface area contributed by atoms with Crippen LogP contribution in [0.25, 0.3) is 17.0 Å². The van der Waals surface area contributed by atoms with Crippen LogP contribution in [0.4, 0.5) is 14.6 Å². The molecule has 32 heavy (non-hydrogen) atoms. The minimum Gasteiger partial charge on any atom is -0.355 e. The smallest absolute Gasteiger partial charge is 0.282 e. The van der Waals surface area contributed by atoms with Crippen LogP contribution in [0.5, 0.6) is 0 Å². The maximum atomic E-state index is 13.1. The third-order valence-corrected chi connectivity index (χ3v) is 9.12. The van der Waals surface area contributed by atoms with Gasteiger partial charge in [0, 0.05) is 36.7 Å². The van der Waals surface area contributed by atoms with Crippen molar-refractivity contribution in [2.45, 2.75) is 38.7 Å². The van der Waals surface area contributed by atoms with Crippen molar-refractivity contribution in [3.63, 3.8) is 0 Å². The quantitative estimate of drug-likeness (QED) is 0.566. The maximum Gasteiger partial charge on any atom is 0.282 e. The summed E-state index contributed by atoms with van der Waals surface area (Å²) in [6.45, 7) is 3.74. The zero-order valence-corrected chi connectivity index (χ0v) is 18.8. The van der Waals surface area contributed by atoms with Crippen molar-refractivity contribution < 1.29 is 13.0 Å². The number of fused-ring (bicyclic) bond motifs is 1. The second kappa shape index (κ2) is 8.43. The molecule has 5 heterocycles. The van der Waals surface area contributed by atoms with Gasteiger partial charge in [-0.15, -0.1) is 0 Å². The average molecular weight is 464 g/mol. The van der Waals surface area contributed by atoms with Crippen LogP contribution in [0, 0.1) is 5.92 Å². The van der Waals surface area contributed by atoms with Gasteiger partial charge in [-0.1, -0.05) is 17.0 Å². The molecule has 3 aromatic heterocycles. The lowest BCUT2D eigenvalue weighted by atomic mass is 9.96. The molecule has 3 aromatic rings. The molecule has 2 aliphatic rings. The largest absolute Gasteiger partial charge is 0.355 e. The van der Waals surface area contributed by atoms with Crippen LogP contribution in [-0.2, 0) is 10.1 Å². The Morgan fingerprint density at radius 3 is 2.75 bits per heavy atom. The number of imidazole rings is 1. The molecule has 0 aromatic carbocycles. The summed E-state index contributed by atoms with van der Waals surface area (Å²) in [7, 11) is -2.26. The molecule has 2 saturated heterocycles. The van der Waals surface area contributed by atoms with Crippen LogP contribution >= 0.6 is 0 Å². The van der Waals surface area contributed by atoms with Crippen LogP contribution in [0.1, 0.15) is 38.3 Å².